The number of thiocarbonyl (C=S) groups is 1. The van der Waals surface area contributed by atoms with E-state index >= 15 is 0 Å². The van der Waals surface area contributed by atoms with Crippen molar-refractivity contribution in [2.24, 2.45) is 5.73 Å². The first-order chi connectivity index (χ1) is 8.04. The SMILES string of the molecule is CCS(=O)CCNc1ccc(C(N)=S)cc1F. The van der Waals surface area contributed by atoms with E-state index in [-0.39, 0.29) is 4.99 Å². The summed E-state index contributed by atoms with van der Waals surface area (Å²) in [5.41, 5.74) is 6.27. The molecule has 1 unspecified atom stereocenters. The molecule has 1 aromatic rings. The molecule has 0 saturated carbocycles. The highest BCUT2D eigenvalue weighted by atomic mass is 32.2. The average molecular weight is 274 g/mol. The van der Waals surface area contributed by atoms with Crippen LogP contribution in [0.3, 0.4) is 0 Å². The van der Waals surface area contributed by atoms with Crippen LogP contribution in [-0.2, 0) is 10.8 Å². The lowest BCUT2D eigenvalue weighted by Gasteiger charge is -2.08. The summed E-state index contributed by atoms with van der Waals surface area (Å²) in [6, 6.07) is 4.53. The largest absolute Gasteiger partial charge is 0.389 e. The maximum Gasteiger partial charge on any atom is 0.146 e. The van der Waals surface area contributed by atoms with Gasteiger partial charge in [0.15, 0.2) is 0 Å². The first-order valence-corrected chi connectivity index (χ1v) is 7.12. The normalized spacial score (nSPS) is 12.1. The number of benzene rings is 1. The van der Waals surface area contributed by atoms with Gasteiger partial charge in [0, 0.05) is 34.4 Å². The van der Waals surface area contributed by atoms with Gasteiger partial charge < -0.3 is 11.1 Å². The summed E-state index contributed by atoms with van der Waals surface area (Å²) in [6.45, 7) is 2.33. The molecule has 1 atom stereocenters. The fourth-order valence-corrected chi connectivity index (χ4v) is 2.00. The van der Waals surface area contributed by atoms with Gasteiger partial charge >= 0.3 is 0 Å². The molecule has 0 radical (unpaired) electrons. The van der Waals surface area contributed by atoms with Crippen LogP contribution >= 0.6 is 12.2 Å². The number of anilines is 1. The molecule has 0 heterocycles. The Morgan fingerprint density at radius 2 is 2.29 bits per heavy atom. The third kappa shape index (κ3) is 4.40. The van der Waals surface area contributed by atoms with Crippen LogP contribution in [0.1, 0.15) is 12.5 Å². The summed E-state index contributed by atoms with van der Waals surface area (Å²) < 4.78 is 24.7. The maximum atomic E-state index is 13.6. The van der Waals surface area contributed by atoms with Crippen molar-refractivity contribution >= 4 is 33.7 Å². The topological polar surface area (TPSA) is 55.1 Å². The van der Waals surface area contributed by atoms with Crippen LogP contribution in [0, 0.1) is 5.82 Å². The Bertz CT molecular complexity index is 437. The minimum absolute atomic E-state index is 0.169. The van der Waals surface area contributed by atoms with Crippen molar-refractivity contribution in [3.8, 4) is 0 Å². The van der Waals surface area contributed by atoms with Crippen LogP contribution in [0.5, 0.6) is 0 Å². The van der Waals surface area contributed by atoms with Gasteiger partial charge in [-0.3, -0.25) is 4.21 Å². The minimum Gasteiger partial charge on any atom is -0.389 e. The average Bonchev–Trinajstić information content (AvgIpc) is 2.30. The van der Waals surface area contributed by atoms with E-state index in [0.717, 1.165) is 0 Å². The highest BCUT2D eigenvalue weighted by Crippen LogP contribution is 2.15. The van der Waals surface area contributed by atoms with Gasteiger partial charge in [-0.2, -0.15) is 0 Å². The van der Waals surface area contributed by atoms with Crippen molar-refractivity contribution in [1.29, 1.82) is 0 Å². The van der Waals surface area contributed by atoms with Gasteiger partial charge in [-0.1, -0.05) is 19.1 Å². The van der Waals surface area contributed by atoms with E-state index in [2.05, 4.69) is 5.32 Å². The quantitative estimate of drug-likeness (QED) is 0.774. The zero-order valence-corrected chi connectivity index (χ0v) is 11.2. The summed E-state index contributed by atoms with van der Waals surface area (Å²) >= 11 is 4.75. The highest BCUT2D eigenvalue weighted by Gasteiger charge is 2.05. The number of nitrogens with two attached hydrogens (primary N) is 1. The monoisotopic (exact) mass is 274 g/mol. The fourth-order valence-electron chi connectivity index (χ4n) is 1.26. The van der Waals surface area contributed by atoms with Crippen LogP contribution in [0.15, 0.2) is 18.2 Å². The van der Waals surface area contributed by atoms with E-state index in [1.165, 1.54) is 6.07 Å². The molecular weight excluding hydrogens is 259 g/mol. The predicted molar refractivity (Wildman–Crippen MR) is 74.3 cm³/mol. The van der Waals surface area contributed by atoms with Crippen molar-refractivity contribution in [3.63, 3.8) is 0 Å². The molecule has 0 bridgehead atoms. The lowest BCUT2D eigenvalue weighted by Crippen LogP contribution is -2.14. The van der Waals surface area contributed by atoms with Gasteiger partial charge in [-0.15, -0.1) is 0 Å². The van der Waals surface area contributed by atoms with Crippen LogP contribution in [0.2, 0.25) is 0 Å². The smallest absolute Gasteiger partial charge is 0.146 e. The van der Waals surface area contributed by atoms with Gasteiger partial charge in [-0.05, 0) is 18.2 Å². The van der Waals surface area contributed by atoms with Crippen molar-refractivity contribution in [2.75, 3.05) is 23.4 Å². The second kappa shape index (κ2) is 6.66. The van der Waals surface area contributed by atoms with E-state index in [1.807, 2.05) is 6.92 Å². The lowest BCUT2D eigenvalue weighted by atomic mass is 10.2. The number of halogens is 1. The van der Waals surface area contributed by atoms with Gasteiger partial charge in [0.1, 0.15) is 10.8 Å². The number of hydrogen-bond donors (Lipinski definition) is 2. The molecule has 0 aliphatic heterocycles. The standard InChI is InChI=1S/C11H15FN2OS2/c1-2-17(15)6-5-14-10-4-3-8(11(13)16)7-9(10)12/h3-4,7,14H,2,5-6H2,1H3,(H2,13,16). The number of rotatable bonds is 6. The molecule has 6 heteroatoms. The Morgan fingerprint density at radius 1 is 1.59 bits per heavy atom. The van der Waals surface area contributed by atoms with Gasteiger partial charge in [0.05, 0.1) is 5.69 Å². The van der Waals surface area contributed by atoms with Crippen LogP contribution < -0.4 is 11.1 Å². The van der Waals surface area contributed by atoms with E-state index in [0.29, 0.717) is 29.3 Å². The maximum absolute atomic E-state index is 13.6. The Hall–Kier alpha value is -1.01. The van der Waals surface area contributed by atoms with Gasteiger partial charge in [0.25, 0.3) is 0 Å². The van der Waals surface area contributed by atoms with Crippen molar-refractivity contribution < 1.29 is 8.60 Å². The van der Waals surface area contributed by atoms with Crippen LogP contribution in [-0.4, -0.2) is 27.2 Å². The predicted octanol–water partition coefficient (Wildman–Crippen LogP) is 1.64. The van der Waals surface area contributed by atoms with Crippen LogP contribution in [0.25, 0.3) is 0 Å². The summed E-state index contributed by atoms with van der Waals surface area (Å²) in [4.78, 5) is 0.169. The molecule has 0 amide bonds. The molecule has 1 rings (SSSR count). The van der Waals surface area contributed by atoms with E-state index in [9.17, 15) is 8.60 Å². The highest BCUT2D eigenvalue weighted by molar-refractivity contribution is 7.84. The lowest BCUT2D eigenvalue weighted by molar-refractivity contribution is 0.630. The molecule has 0 aliphatic rings. The molecule has 0 aliphatic carbocycles. The Labute approximate surface area is 108 Å². The second-order valence-electron chi connectivity index (χ2n) is 3.42. The van der Waals surface area contributed by atoms with Crippen molar-refractivity contribution in [2.45, 2.75) is 6.92 Å². The summed E-state index contributed by atoms with van der Waals surface area (Å²) in [5.74, 6) is 0.718. The summed E-state index contributed by atoms with van der Waals surface area (Å²) in [6.07, 6.45) is 0. The molecule has 3 nitrogen and oxygen atoms in total. The first kappa shape index (κ1) is 14.1. The molecule has 0 aromatic heterocycles. The first-order valence-electron chi connectivity index (χ1n) is 5.22. The van der Waals surface area contributed by atoms with Crippen LogP contribution in [0.4, 0.5) is 10.1 Å². The third-order valence-electron chi connectivity index (χ3n) is 2.22. The molecule has 17 heavy (non-hydrogen) atoms. The Morgan fingerprint density at radius 3 is 2.82 bits per heavy atom. The number of nitrogens with one attached hydrogen (secondary N) is 1. The van der Waals surface area contributed by atoms with Crippen molar-refractivity contribution in [3.05, 3.63) is 29.6 Å². The Kier molecular flexibility index (Phi) is 5.50. The van der Waals surface area contributed by atoms with E-state index in [1.54, 1.807) is 12.1 Å². The second-order valence-corrected chi connectivity index (χ2v) is 5.72. The zero-order chi connectivity index (χ0) is 12.8. The van der Waals surface area contributed by atoms with Gasteiger partial charge in [-0.25, -0.2) is 4.39 Å². The molecule has 0 spiro atoms. The number of hydrogen-bond acceptors (Lipinski definition) is 3. The zero-order valence-electron chi connectivity index (χ0n) is 9.53. The molecule has 0 saturated heterocycles. The van der Waals surface area contributed by atoms with Gasteiger partial charge in [0.2, 0.25) is 0 Å². The fraction of sp³-hybridized carbons (Fsp3) is 0.364. The molecule has 94 valence electrons. The molecular formula is C11H15FN2OS2. The molecule has 1 aromatic carbocycles. The molecule has 0 fully saturated rings. The van der Waals surface area contributed by atoms with E-state index in [4.69, 9.17) is 18.0 Å². The molecule has 3 N–H and O–H groups in total. The third-order valence-corrected chi connectivity index (χ3v) is 3.76. The van der Waals surface area contributed by atoms with E-state index < -0.39 is 16.6 Å². The minimum atomic E-state index is -0.845. The Balaban J connectivity index is 2.60. The van der Waals surface area contributed by atoms with Crippen molar-refractivity contribution in [1.82, 2.24) is 0 Å². The summed E-state index contributed by atoms with van der Waals surface area (Å²) in [5, 5.41) is 2.89. The summed E-state index contributed by atoms with van der Waals surface area (Å²) in [7, 11) is -0.845.